The Morgan fingerprint density at radius 3 is 2.80 bits per heavy atom. The normalized spacial score (nSPS) is 10.9. The predicted molar refractivity (Wildman–Crippen MR) is 81.1 cm³/mol. The minimum atomic E-state index is 0.563. The molecule has 0 fully saturated rings. The highest BCUT2D eigenvalue weighted by Gasteiger charge is 2.06. The molecule has 108 valence electrons. The fraction of sp³-hybridized carbons (Fsp3) is 0.438. The van der Waals surface area contributed by atoms with E-state index < -0.39 is 0 Å². The van der Waals surface area contributed by atoms with E-state index in [2.05, 4.69) is 17.2 Å². The van der Waals surface area contributed by atoms with Crippen LogP contribution >= 0.6 is 0 Å². The first-order valence-electron chi connectivity index (χ1n) is 7.09. The molecular weight excluding hydrogens is 252 g/mol. The number of pyridine rings is 1. The Balaban J connectivity index is 2.12. The second-order valence-corrected chi connectivity index (χ2v) is 4.62. The summed E-state index contributed by atoms with van der Waals surface area (Å²) in [4.78, 5) is 4.61. The van der Waals surface area contributed by atoms with Gasteiger partial charge in [-0.1, -0.05) is 19.1 Å². The molecule has 0 bridgehead atoms. The van der Waals surface area contributed by atoms with Gasteiger partial charge in [-0.2, -0.15) is 0 Å². The number of benzene rings is 1. The zero-order valence-corrected chi connectivity index (χ0v) is 12.2. The summed E-state index contributed by atoms with van der Waals surface area (Å²) in [6.45, 7) is 4.79. The first kappa shape index (κ1) is 14.8. The molecule has 0 spiro atoms. The Kier molecular flexibility index (Phi) is 5.77. The molecule has 4 nitrogen and oxygen atoms in total. The highest BCUT2D eigenvalue weighted by atomic mass is 16.5. The summed E-state index contributed by atoms with van der Waals surface area (Å²) in [5.41, 5.74) is 1.94. The van der Waals surface area contributed by atoms with Crippen LogP contribution in [0.25, 0.3) is 10.9 Å². The van der Waals surface area contributed by atoms with Gasteiger partial charge in [-0.25, -0.2) is 0 Å². The summed E-state index contributed by atoms with van der Waals surface area (Å²) in [6, 6.07) is 10.0. The summed E-state index contributed by atoms with van der Waals surface area (Å²) < 4.78 is 11.3. The highest BCUT2D eigenvalue weighted by Crippen LogP contribution is 2.25. The second-order valence-electron chi connectivity index (χ2n) is 4.62. The lowest BCUT2D eigenvalue weighted by atomic mass is 10.2. The van der Waals surface area contributed by atoms with Crippen LogP contribution in [0.3, 0.4) is 0 Å². The zero-order chi connectivity index (χ0) is 14.2. The molecule has 0 aliphatic rings. The lowest BCUT2D eigenvalue weighted by molar-refractivity contribution is 0.101. The van der Waals surface area contributed by atoms with Crippen LogP contribution in [0.2, 0.25) is 0 Å². The molecule has 0 amide bonds. The average Bonchev–Trinajstić information content (AvgIpc) is 2.47. The molecule has 2 rings (SSSR count). The van der Waals surface area contributed by atoms with Gasteiger partial charge in [0.1, 0.15) is 12.4 Å². The Morgan fingerprint density at radius 1 is 1.15 bits per heavy atom. The molecule has 20 heavy (non-hydrogen) atoms. The summed E-state index contributed by atoms with van der Waals surface area (Å²) in [6.07, 6.45) is 1.03. The number of para-hydroxylation sites is 1. The number of rotatable bonds is 8. The van der Waals surface area contributed by atoms with Gasteiger partial charge in [0, 0.05) is 24.6 Å². The van der Waals surface area contributed by atoms with Crippen molar-refractivity contribution in [2.75, 3.05) is 26.9 Å². The molecule has 0 unspecified atom stereocenters. The number of nitrogens with one attached hydrogen (secondary N) is 1. The fourth-order valence-electron chi connectivity index (χ4n) is 2.04. The van der Waals surface area contributed by atoms with Crippen molar-refractivity contribution < 1.29 is 9.47 Å². The van der Waals surface area contributed by atoms with Crippen molar-refractivity contribution in [1.29, 1.82) is 0 Å². The fourth-order valence-corrected chi connectivity index (χ4v) is 2.04. The molecule has 0 saturated heterocycles. The molecule has 4 heteroatoms. The standard InChI is InChI=1S/C16H22N2O2/c1-3-8-19-9-10-20-16-11-13(12-17-2)18-15-7-5-4-6-14(15)16/h4-7,11,17H,3,8-10,12H2,1-2H3. The third-order valence-corrected chi connectivity index (χ3v) is 2.92. The third kappa shape index (κ3) is 3.92. The zero-order valence-electron chi connectivity index (χ0n) is 12.2. The van der Waals surface area contributed by atoms with Gasteiger partial charge in [-0.05, 0) is 25.6 Å². The molecule has 1 heterocycles. The molecular formula is C16H22N2O2. The summed E-state index contributed by atoms with van der Waals surface area (Å²) >= 11 is 0. The summed E-state index contributed by atoms with van der Waals surface area (Å²) in [7, 11) is 1.91. The van der Waals surface area contributed by atoms with Crippen molar-refractivity contribution in [3.05, 3.63) is 36.0 Å². The van der Waals surface area contributed by atoms with Gasteiger partial charge in [-0.3, -0.25) is 4.98 Å². The van der Waals surface area contributed by atoms with E-state index in [0.717, 1.165) is 41.9 Å². The van der Waals surface area contributed by atoms with Gasteiger partial charge in [-0.15, -0.1) is 0 Å². The SMILES string of the molecule is CCCOCCOc1cc(CNC)nc2ccccc12. The molecule has 1 aromatic heterocycles. The quantitative estimate of drug-likeness (QED) is 0.752. The maximum absolute atomic E-state index is 5.86. The number of aromatic nitrogens is 1. The van der Waals surface area contributed by atoms with E-state index in [1.54, 1.807) is 0 Å². The lowest BCUT2D eigenvalue weighted by Gasteiger charge is -2.11. The number of hydrogen-bond donors (Lipinski definition) is 1. The number of hydrogen-bond acceptors (Lipinski definition) is 4. The van der Waals surface area contributed by atoms with E-state index >= 15 is 0 Å². The van der Waals surface area contributed by atoms with Crippen molar-refractivity contribution in [1.82, 2.24) is 10.3 Å². The Morgan fingerprint density at radius 2 is 2.00 bits per heavy atom. The van der Waals surface area contributed by atoms with Crippen molar-refractivity contribution in [2.45, 2.75) is 19.9 Å². The van der Waals surface area contributed by atoms with Gasteiger partial charge < -0.3 is 14.8 Å². The molecule has 2 aromatic rings. The van der Waals surface area contributed by atoms with Crippen molar-refractivity contribution >= 4 is 10.9 Å². The topological polar surface area (TPSA) is 43.4 Å². The van der Waals surface area contributed by atoms with Crippen LogP contribution in [0.5, 0.6) is 5.75 Å². The van der Waals surface area contributed by atoms with E-state index in [4.69, 9.17) is 9.47 Å². The first-order chi connectivity index (χ1) is 9.85. The molecule has 1 N–H and O–H groups in total. The number of ether oxygens (including phenoxy) is 2. The highest BCUT2D eigenvalue weighted by molar-refractivity contribution is 5.85. The Labute approximate surface area is 120 Å². The predicted octanol–water partition coefficient (Wildman–Crippen LogP) is 2.76. The molecule has 0 saturated carbocycles. The van der Waals surface area contributed by atoms with Gasteiger partial charge >= 0.3 is 0 Å². The van der Waals surface area contributed by atoms with Crippen LogP contribution in [0.4, 0.5) is 0 Å². The van der Waals surface area contributed by atoms with Gasteiger partial charge in [0.2, 0.25) is 0 Å². The Bertz CT molecular complexity index is 543. The van der Waals surface area contributed by atoms with E-state index in [-0.39, 0.29) is 0 Å². The molecule has 0 aliphatic heterocycles. The first-order valence-corrected chi connectivity index (χ1v) is 7.09. The summed E-state index contributed by atoms with van der Waals surface area (Å²) in [5, 5.41) is 4.16. The van der Waals surface area contributed by atoms with E-state index in [9.17, 15) is 0 Å². The second kappa shape index (κ2) is 7.82. The van der Waals surface area contributed by atoms with E-state index in [1.165, 1.54) is 0 Å². The molecule has 0 aliphatic carbocycles. The Hall–Kier alpha value is -1.65. The largest absolute Gasteiger partial charge is 0.490 e. The van der Waals surface area contributed by atoms with Gasteiger partial charge in [0.05, 0.1) is 17.8 Å². The van der Waals surface area contributed by atoms with E-state index in [1.807, 2.05) is 37.4 Å². The molecule has 0 atom stereocenters. The molecule has 1 aromatic carbocycles. The van der Waals surface area contributed by atoms with Crippen molar-refractivity contribution in [3.63, 3.8) is 0 Å². The monoisotopic (exact) mass is 274 g/mol. The molecule has 0 radical (unpaired) electrons. The van der Waals surface area contributed by atoms with E-state index in [0.29, 0.717) is 13.2 Å². The average molecular weight is 274 g/mol. The maximum atomic E-state index is 5.86. The smallest absolute Gasteiger partial charge is 0.130 e. The van der Waals surface area contributed by atoms with Crippen LogP contribution in [-0.4, -0.2) is 31.9 Å². The number of fused-ring (bicyclic) bond motifs is 1. The lowest BCUT2D eigenvalue weighted by Crippen LogP contribution is -2.10. The maximum Gasteiger partial charge on any atom is 0.130 e. The van der Waals surface area contributed by atoms with Crippen LogP contribution in [0, 0.1) is 0 Å². The van der Waals surface area contributed by atoms with Crippen LogP contribution in [-0.2, 0) is 11.3 Å². The van der Waals surface area contributed by atoms with Crippen LogP contribution in [0.1, 0.15) is 19.0 Å². The van der Waals surface area contributed by atoms with Gasteiger partial charge in [0.15, 0.2) is 0 Å². The summed E-state index contributed by atoms with van der Waals surface area (Å²) in [5.74, 6) is 0.876. The number of nitrogens with zero attached hydrogens (tertiary/aromatic N) is 1. The van der Waals surface area contributed by atoms with Crippen molar-refractivity contribution in [3.8, 4) is 5.75 Å². The van der Waals surface area contributed by atoms with Crippen molar-refractivity contribution in [2.24, 2.45) is 0 Å². The minimum Gasteiger partial charge on any atom is -0.490 e. The third-order valence-electron chi connectivity index (χ3n) is 2.92. The van der Waals surface area contributed by atoms with Gasteiger partial charge in [0.25, 0.3) is 0 Å². The minimum absolute atomic E-state index is 0.563. The van der Waals surface area contributed by atoms with Crippen LogP contribution in [0.15, 0.2) is 30.3 Å². The van der Waals surface area contributed by atoms with Crippen LogP contribution < -0.4 is 10.1 Å².